The van der Waals surface area contributed by atoms with E-state index in [0.29, 0.717) is 12.1 Å². The summed E-state index contributed by atoms with van der Waals surface area (Å²) in [6.45, 7) is 17.1. The average molecular weight is 524 g/mol. The van der Waals surface area contributed by atoms with Crippen LogP contribution >= 0.6 is 35.5 Å². The summed E-state index contributed by atoms with van der Waals surface area (Å²) in [6, 6.07) is 1.18. The summed E-state index contributed by atoms with van der Waals surface area (Å²) in [5, 5.41) is 4.60. The number of rotatable bonds is 8. The predicted octanol–water partition coefficient (Wildman–Crippen LogP) is 2.92. The number of hydrogen-bond donors (Lipinski definition) is 1. The molecule has 2 rings (SSSR count). The minimum atomic E-state index is 0. The molecule has 28 heavy (non-hydrogen) atoms. The highest BCUT2D eigenvalue weighted by Gasteiger charge is 2.22. The Balaban J connectivity index is 0.00000392. The molecule has 1 fully saturated rings. The van der Waals surface area contributed by atoms with Crippen LogP contribution in [0.3, 0.4) is 0 Å². The number of aromatic nitrogens is 2. The molecule has 0 bridgehead atoms. The number of halogens is 1. The fourth-order valence-corrected chi connectivity index (χ4v) is 4.33. The molecule has 0 radical (unpaired) electrons. The Hall–Kier alpha value is -0.680. The van der Waals surface area contributed by atoms with E-state index >= 15 is 0 Å². The van der Waals surface area contributed by atoms with Crippen LogP contribution in [0, 0.1) is 0 Å². The van der Waals surface area contributed by atoms with Crippen molar-refractivity contribution in [3.8, 4) is 0 Å². The van der Waals surface area contributed by atoms with E-state index in [1.165, 1.54) is 11.5 Å². The third-order valence-corrected chi connectivity index (χ3v) is 5.85. The van der Waals surface area contributed by atoms with E-state index in [9.17, 15) is 0 Å². The van der Waals surface area contributed by atoms with Crippen molar-refractivity contribution in [3.63, 3.8) is 0 Å². The largest absolute Gasteiger partial charge is 0.356 e. The SMILES string of the molecule is CCc1nsc(N2CCN(C(=NC)NCCCN(C(C)C)C(C)C)CC2)n1.I. The standard InChI is InChI=1S/C19H37N7S.HI/c1-7-17-22-19(27-23-17)25-13-11-24(12-14-25)18(20-6)21-9-8-10-26(15(2)3)16(4)5;/h15-16H,7-14H2,1-6H3,(H,20,21);1H. The average Bonchev–Trinajstić information content (AvgIpc) is 3.13. The first-order valence-electron chi connectivity index (χ1n) is 10.2. The lowest BCUT2D eigenvalue weighted by atomic mass is 10.2. The molecular weight excluding hydrogens is 485 g/mol. The zero-order valence-corrected chi connectivity index (χ0v) is 21.5. The second kappa shape index (κ2) is 12.8. The van der Waals surface area contributed by atoms with Gasteiger partial charge in [0.05, 0.1) is 0 Å². The van der Waals surface area contributed by atoms with E-state index in [1.807, 2.05) is 7.05 Å². The van der Waals surface area contributed by atoms with Crippen molar-refractivity contribution in [3.05, 3.63) is 5.82 Å². The number of guanidine groups is 1. The molecule has 0 unspecified atom stereocenters. The first-order valence-corrected chi connectivity index (χ1v) is 11.0. The monoisotopic (exact) mass is 523 g/mol. The van der Waals surface area contributed by atoms with E-state index in [0.717, 1.165) is 69.0 Å². The molecule has 0 aromatic carbocycles. The lowest BCUT2D eigenvalue weighted by Crippen LogP contribution is -2.52. The van der Waals surface area contributed by atoms with Crippen LogP contribution in [0.15, 0.2) is 4.99 Å². The lowest BCUT2D eigenvalue weighted by Gasteiger charge is -2.36. The van der Waals surface area contributed by atoms with Gasteiger partial charge in [0.15, 0.2) is 5.96 Å². The van der Waals surface area contributed by atoms with Crippen LogP contribution in [0.2, 0.25) is 0 Å². The highest BCUT2D eigenvalue weighted by molar-refractivity contribution is 14.0. The van der Waals surface area contributed by atoms with E-state index in [2.05, 4.69) is 69.0 Å². The van der Waals surface area contributed by atoms with Crippen molar-refractivity contribution >= 4 is 46.6 Å². The van der Waals surface area contributed by atoms with E-state index in [4.69, 9.17) is 0 Å². The Morgan fingerprint density at radius 3 is 2.32 bits per heavy atom. The quantitative estimate of drug-likeness (QED) is 0.245. The Morgan fingerprint density at radius 2 is 1.82 bits per heavy atom. The molecule has 1 N–H and O–H groups in total. The van der Waals surface area contributed by atoms with Gasteiger partial charge in [0, 0.05) is 76.4 Å². The summed E-state index contributed by atoms with van der Waals surface area (Å²) in [7, 11) is 1.88. The first kappa shape index (κ1) is 25.4. The molecule has 0 saturated carbocycles. The van der Waals surface area contributed by atoms with Crippen LogP contribution in [0.4, 0.5) is 5.13 Å². The number of nitrogens with zero attached hydrogens (tertiary/aromatic N) is 6. The van der Waals surface area contributed by atoms with E-state index in [-0.39, 0.29) is 24.0 Å². The number of nitrogens with one attached hydrogen (secondary N) is 1. The normalized spacial score (nSPS) is 15.5. The topological polar surface area (TPSA) is 59.9 Å². The van der Waals surface area contributed by atoms with Crippen molar-refractivity contribution in [2.75, 3.05) is 51.2 Å². The van der Waals surface area contributed by atoms with Gasteiger partial charge in [-0.2, -0.15) is 4.37 Å². The molecule has 1 aromatic rings. The molecule has 1 aromatic heterocycles. The summed E-state index contributed by atoms with van der Waals surface area (Å²) in [6.07, 6.45) is 2.03. The second-order valence-corrected chi connectivity index (χ2v) is 8.30. The first-order chi connectivity index (χ1) is 13.0. The van der Waals surface area contributed by atoms with Gasteiger partial charge in [0.2, 0.25) is 5.13 Å². The minimum Gasteiger partial charge on any atom is -0.356 e. The second-order valence-electron chi connectivity index (χ2n) is 7.57. The summed E-state index contributed by atoms with van der Waals surface area (Å²) >= 11 is 1.52. The van der Waals surface area contributed by atoms with Crippen LogP contribution in [-0.4, -0.2) is 83.5 Å². The molecule has 1 aliphatic heterocycles. The van der Waals surface area contributed by atoms with E-state index < -0.39 is 0 Å². The number of anilines is 1. The summed E-state index contributed by atoms with van der Waals surface area (Å²) in [4.78, 5) is 16.3. The van der Waals surface area contributed by atoms with Crippen molar-refractivity contribution in [2.24, 2.45) is 4.99 Å². The zero-order valence-electron chi connectivity index (χ0n) is 18.3. The third kappa shape index (κ3) is 7.29. The number of hydrogen-bond acceptors (Lipinski definition) is 6. The molecule has 0 amide bonds. The Labute approximate surface area is 192 Å². The Morgan fingerprint density at radius 1 is 1.18 bits per heavy atom. The Kier molecular flexibility index (Phi) is 11.6. The molecule has 0 aliphatic carbocycles. The van der Waals surface area contributed by atoms with Gasteiger partial charge in [-0.15, -0.1) is 24.0 Å². The predicted molar refractivity (Wildman–Crippen MR) is 131 cm³/mol. The van der Waals surface area contributed by atoms with Crippen LogP contribution in [-0.2, 0) is 6.42 Å². The smallest absolute Gasteiger partial charge is 0.205 e. The molecule has 9 heteroatoms. The van der Waals surface area contributed by atoms with Crippen LogP contribution in [0.1, 0.15) is 46.9 Å². The molecule has 1 saturated heterocycles. The fourth-order valence-electron chi connectivity index (χ4n) is 3.53. The molecule has 162 valence electrons. The zero-order chi connectivity index (χ0) is 19.8. The minimum absolute atomic E-state index is 0. The maximum absolute atomic E-state index is 4.61. The van der Waals surface area contributed by atoms with E-state index in [1.54, 1.807) is 0 Å². The van der Waals surface area contributed by atoms with Gasteiger partial charge in [-0.25, -0.2) is 4.98 Å². The summed E-state index contributed by atoms with van der Waals surface area (Å²) < 4.78 is 4.40. The number of aliphatic imine (C=N–C) groups is 1. The van der Waals surface area contributed by atoms with Gasteiger partial charge in [0.1, 0.15) is 5.82 Å². The summed E-state index contributed by atoms with van der Waals surface area (Å²) in [5.74, 6) is 1.97. The lowest BCUT2D eigenvalue weighted by molar-refractivity contribution is 0.173. The van der Waals surface area contributed by atoms with Crippen molar-refractivity contribution in [1.82, 2.24) is 24.5 Å². The van der Waals surface area contributed by atoms with Gasteiger partial charge in [-0.1, -0.05) is 6.92 Å². The summed E-state index contributed by atoms with van der Waals surface area (Å²) in [5.41, 5.74) is 0. The number of piperazine rings is 1. The van der Waals surface area contributed by atoms with Crippen LogP contribution in [0.5, 0.6) is 0 Å². The van der Waals surface area contributed by atoms with Crippen molar-refractivity contribution in [2.45, 2.75) is 59.5 Å². The van der Waals surface area contributed by atoms with Crippen LogP contribution in [0.25, 0.3) is 0 Å². The maximum atomic E-state index is 4.61. The van der Waals surface area contributed by atoms with Crippen molar-refractivity contribution < 1.29 is 0 Å². The molecule has 1 aliphatic rings. The van der Waals surface area contributed by atoms with Gasteiger partial charge in [0.25, 0.3) is 0 Å². The highest BCUT2D eigenvalue weighted by atomic mass is 127. The fraction of sp³-hybridized carbons (Fsp3) is 0.842. The van der Waals surface area contributed by atoms with Gasteiger partial charge in [-0.3, -0.25) is 9.89 Å². The van der Waals surface area contributed by atoms with Gasteiger partial charge < -0.3 is 15.1 Å². The highest BCUT2D eigenvalue weighted by Crippen LogP contribution is 2.19. The van der Waals surface area contributed by atoms with Gasteiger partial charge >= 0.3 is 0 Å². The molecular formula is C19H38IN7S. The van der Waals surface area contributed by atoms with Gasteiger partial charge in [-0.05, 0) is 34.1 Å². The molecule has 0 atom stereocenters. The molecule has 7 nitrogen and oxygen atoms in total. The maximum Gasteiger partial charge on any atom is 0.205 e. The number of aryl methyl sites for hydroxylation is 1. The molecule has 0 spiro atoms. The van der Waals surface area contributed by atoms with Crippen molar-refractivity contribution in [1.29, 1.82) is 0 Å². The van der Waals surface area contributed by atoms with Crippen LogP contribution < -0.4 is 10.2 Å². The third-order valence-electron chi connectivity index (χ3n) is 5.04. The Bertz CT molecular complexity index is 575. The molecule has 2 heterocycles.